The second kappa shape index (κ2) is 3.74. The second-order valence-electron chi connectivity index (χ2n) is 3.92. The molecule has 0 aliphatic heterocycles. The van der Waals surface area contributed by atoms with E-state index >= 15 is 0 Å². The SMILES string of the molecule is CCC(C)(C)C(C(=O)O)=C(C)C. The molecular formula is C10H18O2. The van der Waals surface area contributed by atoms with Crippen molar-refractivity contribution in [3.8, 4) is 0 Å². The summed E-state index contributed by atoms with van der Waals surface area (Å²) in [5, 5.41) is 8.95. The third-order valence-electron chi connectivity index (χ3n) is 2.27. The van der Waals surface area contributed by atoms with Gasteiger partial charge in [-0.3, -0.25) is 0 Å². The van der Waals surface area contributed by atoms with Crippen molar-refractivity contribution in [2.24, 2.45) is 5.41 Å². The lowest BCUT2D eigenvalue weighted by Crippen LogP contribution is -2.21. The first-order valence-corrected chi connectivity index (χ1v) is 4.24. The summed E-state index contributed by atoms with van der Waals surface area (Å²) in [6.07, 6.45) is 0.847. The van der Waals surface area contributed by atoms with Crippen LogP contribution in [0.25, 0.3) is 0 Å². The highest BCUT2D eigenvalue weighted by molar-refractivity contribution is 5.88. The van der Waals surface area contributed by atoms with Crippen LogP contribution in [0.5, 0.6) is 0 Å². The number of carboxylic acids is 1. The molecule has 12 heavy (non-hydrogen) atoms. The fourth-order valence-corrected chi connectivity index (χ4v) is 1.36. The summed E-state index contributed by atoms with van der Waals surface area (Å²) in [5.74, 6) is -0.790. The fraction of sp³-hybridized carbons (Fsp3) is 0.700. The molecule has 0 aromatic heterocycles. The standard InChI is InChI=1S/C10H18O2/c1-6-10(4,5)8(7(2)3)9(11)12/h6H2,1-5H3,(H,11,12). The molecule has 0 heterocycles. The Morgan fingerprint density at radius 2 is 1.75 bits per heavy atom. The Labute approximate surface area is 74.3 Å². The van der Waals surface area contributed by atoms with Crippen molar-refractivity contribution in [3.63, 3.8) is 0 Å². The first-order valence-electron chi connectivity index (χ1n) is 4.24. The molecule has 0 saturated carbocycles. The quantitative estimate of drug-likeness (QED) is 0.661. The van der Waals surface area contributed by atoms with Crippen LogP contribution >= 0.6 is 0 Å². The van der Waals surface area contributed by atoms with Gasteiger partial charge in [-0.25, -0.2) is 4.79 Å². The molecule has 0 spiro atoms. The Morgan fingerprint density at radius 1 is 1.33 bits per heavy atom. The monoisotopic (exact) mass is 170 g/mol. The molecule has 0 amide bonds. The third kappa shape index (κ3) is 2.36. The highest BCUT2D eigenvalue weighted by atomic mass is 16.4. The van der Waals surface area contributed by atoms with Gasteiger partial charge in [0.1, 0.15) is 0 Å². The first-order chi connectivity index (χ1) is 5.33. The predicted molar refractivity (Wildman–Crippen MR) is 50.1 cm³/mol. The Morgan fingerprint density at radius 3 is 1.83 bits per heavy atom. The molecule has 2 nitrogen and oxygen atoms in total. The normalized spacial score (nSPS) is 11.1. The summed E-state index contributed by atoms with van der Waals surface area (Å²) in [5.41, 5.74) is 1.23. The van der Waals surface area contributed by atoms with E-state index in [1.807, 2.05) is 34.6 Å². The van der Waals surface area contributed by atoms with Crippen molar-refractivity contribution in [1.82, 2.24) is 0 Å². The summed E-state index contributed by atoms with van der Waals surface area (Å²) in [6.45, 7) is 9.63. The van der Waals surface area contributed by atoms with E-state index in [9.17, 15) is 4.79 Å². The fourth-order valence-electron chi connectivity index (χ4n) is 1.36. The lowest BCUT2D eigenvalue weighted by molar-refractivity contribution is -0.133. The van der Waals surface area contributed by atoms with E-state index < -0.39 is 5.97 Å². The third-order valence-corrected chi connectivity index (χ3v) is 2.27. The van der Waals surface area contributed by atoms with E-state index in [1.165, 1.54) is 0 Å². The Hall–Kier alpha value is -0.790. The maximum absolute atomic E-state index is 10.9. The topological polar surface area (TPSA) is 37.3 Å². The van der Waals surface area contributed by atoms with Crippen molar-refractivity contribution in [3.05, 3.63) is 11.1 Å². The van der Waals surface area contributed by atoms with Crippen LogP contribution in [-0.2, 0) is 4.79 Å². The molecule has 0 aromatic carbocycles. The average Bonchev–Trinajstić information content (AvgIpc) is 1.84. The van der Waals surface area contributed by atoms with Crippen molar-refractivity contribution in [1.29, 1.82) is 0 Å². The minimum atomic E-state index is -0.790. The molecule has 0 rings (SSSR count). The molecular weight excluding hydrogens is 152 g/mol. The maximum atomic E-state index is 10.9. The van der Waals surface area contributed by atoms with Gasteiger partial charge in [-0.1, -0.05) is 26.3 Å². The molecule has 1 N–H and O–H groups in total. The number of hydrogen-bond donors (Lipinski definition) is 1. The zero-order valence-corrected chi connectivity index (χ0v) is 8.56. The van der Waals surface area contributed by atoms with Crippen LogP contribution in [0, 0.1) is 5.41 Å². The molecule has 0 aliphatic rings. The van der Waals surface area contributed by atoms with Gasteiger partial charge in [-0.15, -0.1) is 0 Å². The highest BCUT2D eigenvalue weighted by Crippen LogP contribution is 2.32. The predicted octanol–water partition coefficient (Wildman–Crippen LogP) is 2.84. The van der Waals surface area contributed by atoms with Crippen LogP contribution in [0.3, 0.4) is 0 Å². The van der Waals surface area contributed by atoms with Gasteiger partial charge in [0.25, 0.3) is 0 Å². The Balaban J connectivity index is 5.04. The number of carbonyl (C=O) groups is 1. The lowest BCUT2D eigenvalue weighted by Gasteiger charge is -2.24. The molecule has 70 valence electrons. The molecule has 2 heteroatoms. The van der Waals surface area contributed by atoms with Crippen LogP contribution in [0.1, 0.15) is 41.0 Å². The maximum Gasteiger partial charge on any atom is 0.332 e. The van der Waals surface area contributed by atoms with Crippen molar-refractivity contribution < 1.29 is 9.90 Å². The smallest absolute Gasteiger partial charge is 0.332 e. The number of rotatable bonds is 3. The molecule has 0 aromatic rings. The van der Waals surface area contributed by atoms with Crippen LogP contribution in [0.15, 0.2) is 11.1 Å². The average molecular weight is 170 g/mol. The lowest BCUT2D eigenvalue weighted by atomic mass is 9.79. The number of carboxylic acid groups (broad SMARTS) is 1. The molecule has 0 saturated heterocycles. The van der Waals surface area contributed by atoms with Crippen LogP contribution in [0.2, 0.25) is 0 Å². The van der Waals surface area contributed by atoms with E-state index in [0.717, 1.165) is 12.0 Å². The summed E-state index contributed by atoms with van der Waals surface area (Å²) < 4.78 is 0. The largest absolute Gasteiger partial charge is 0.478 e. The van der Waals surface area contributed by atoms with Crippen molar-refractivity contribution in [2.45, 2.75) is 41.0 Å². The van der Waals surface area contributed by atoms with E-state index in [4.69, 9.17) is 5.11 Å². The molecule has 0 atom stereocenters. The van der Waals surface area contributed by atoms with E-state index in [-0.39, 0.29) is 5.41 Å². The van der Waals surface area contributed by atoms with E-state index in [2.05, 4.69) is 0 Å². The van der Waals surface area contributed by atoms with Gasteiger partial charge in [0.2, 0.25) is 0 Å². The number of hydrogen-bond acceptors (Lipinski definition) is 1. The van der Waals surface area contributed by atoms with Gasteiger partial charge in [-0.2, -0.15) is 0 Å². The minimum absolute atomic E-state index is 0.218. The Kier molecular flexibility index (Phi) is 3.50. The number of aliphatic carboxylic acids is 1. The van der Waals surface area contributed by atoms with Gasteiger partial charge in [0, 0.05) is 5.57 Å². The Bertz CT molecular complexity index is 208. The zero-order valence-electron chi connectivity index (χ0n) is 8.56. The summed E-state index contributed by atoms with van der Waals surface area (Å²) >= 11 is 0. The minimum Gasteiger partial charge on any atom is -0.478 e. The summed E-state index contributed by atoms with van der Waals surface area (Å²) in [7, 11) is 0. The molecule has 0 radical (unpaired) electrons. The molecule has 0 aliphatic carbocycles. The van der Waals surface area contributed by atoms with E-state index in [1.54, 1.807) is 0 Å². The first kappa shape index (κ1) is 11.2. The van der Waals surface area contributed by atoms with Crippen LogP contribution < -0.4 is 0 Å². The van der Waals surface area contributed by atoms with Gasteiger partial charge in [0.15, 0.2) is 0 Å². The zero-order chi connectivity index (χ0) is 9.94. The van der Waals surface area contributed by atoms with Gasteiger partial charge in [0.05, 0.1) is 0 Å². The molecule has 0 bridgehead atoms. The van der Waals surface area contributed by atoms with E-state index in [0.29, 0.717) is 5.57 Å². The number of allylic oxidation sites excluding steroid dienone is 1. The van der Waals surface area contributed by atoms with Crippen LogP contribution in [-0.4, -0.2) is 11.1 Å². The van der Waals surface area contributed by atoms with Gasteiger partial charge < -0.3 is 5.11 Å². The van der Waals surface area contributed by atoms with Gasteiger partial charge >= 0.3 is 5.97 Å². The summed E-state index contributed by atoms with van der Waals surface area (Å²) in [4.78, 5) is 10.9. The summed E-state index contributed by atoms with van der Waals surface area (Å²) in [6, 6.07) is 0. The van der Waals surface area contributed by atoms with Crippen molar-refractivity contribution >= 4 is 5.97 Å². The highest BCUT2D eigenvalue weighted by Gasteiger charge is 2.27. The van der Waals surface area contributed by atoms with Crippen LogP contribution in [0.4, 0.5) is 0 Å². The van der Waals surface area contributed by atoms with Crippen molar-refractivity contribution in [2.75, 3.05) is 0 Å². The van der Waals surface area contributed by atoms with Gasteiger partial charge in [-0.05, 0) is 25.7 Å². The molecule has 0 unspecified atom stereocenters. The molecule has 0 fully saturated rings. The second-order valence-corrected chi connectivity index (χ2v) is 3.92.